The average molecular weight is 250 g/mol. The Balaban J connectivity index is 2.31. The first-order chi connectivity index (χ1) is 8.77. The van der Waals surface area contributed by atoms with E-state index in [1.807, 2.05) is 36.1 Å². The summed E-state index contributed by atoms with van der Waals surface area (Å²) in [5, 5.41) is 12.1. The van der Waals surface area contributed by atoms with E-state index in [0.29, 0.717) is 19.7 Å². The summed E-state index contributed by atoms with van der Waals surface area (Å²) in [6, 6.07) is 7.04. The molecule has 2 N–H and O–H groups in total. The minimum Gasteiger partial charge on any atom is -0.492 e. The number of nitrogens with one attached hydrogen (secondary N) is 1. The van der Waals surface area contributed by atoms with Gasteiger partial charge in [0.1, 0.15) is 11.8 Å². The number of benzene rings is 1. The molecule has 1 aromatic carbocycles. The van der Waals surface area contributed by atoms with Crippen molar-refractivity contribution in [3.05, 3.63) is 24.3 Å². The third-order valence-electron chi connectivity index (χ3n) is 2.98. The molecule has 1 saturated heterocycles. The third-order valence-corrected chi connectivity index (χ3v) is 2.98. The van der Waals surface area contributed by atoms with Crippen LogP contribution in [0.4, 0.5) is 5.69 Å². The van der Waals surface area contributed by atoms with Crippen molar-refractivity contribution in [2.24, 2.45) is 0 Å². The molecule has 0 aliphatic carbocycles. The van der Waals surface area contributed by atoms with Crippen molar-refractivity contribution in [2.75, 3.05) is 31.2 Å². The topological polar surface area (TPSA) is 61.8 Å². The van der Waals surface area contributed by atoms with Gasteiger partial charge < -0.3 is 20.1 Å². The maximum Gasteiger partial charge on any atom is 0.245 e. The SMILES string of the molecule is CCOc1ccccc1N1CCNC(=O)C1CO. The fourth-order valence-corrected chi connectivity index (χ4v) is 2.16. The highest BCUT2D eigenvalue weighted by Crippen LogP contribution is 2.30. The zero-order valence-corrected chi connectivity index (χ0v) is 10.4. The highest BCUT2D eigenvalue weighted by molar-refractivity contribution is 5.87. The summed E-state index contributed by atoms with van der Waals surface area (Å²) in [6.07, 6.45) is 0. The lowest BCUT2D eigenvalue weighted by molar-refractivity contribution is -0.124. The lowest BCUT2D eigenvalue weighted by Crippen LogP contribution is -2.57. The molecule has 0 spiro atoms. The van der Waals surface area contributed by atoms with Gasteiger partial charge in [0.15, 0.2) is 0 Å². The van der Waals surface area contributed by atoms with Gasteiger partial charge in [-0.15, -0.1) is 0 Å². The average Bonchev–Trinajstić information content (AvgIpc) is 2.39. The zero-order chi connectivity index (χ0) is 13.0. The van der Waals surface area contributed by atoms with Crippen LogP contribution < -0.4 is 15.0 Å². The molecule has 1 fully saturated rings. The number of ether oxygens (including phenoxy) is 1. The minimum atomic E-state index is -0.541. The number of aliphatic hydroxyl groups excluding tert-OH is 1. The summed E-state index contributed by atoms with van der Waals surface area (Å²) in [4.78, 5) is 13.6. The van der Waals surface area contributed by atoms with Crippen LogP contribution in [0.2, 0.25) is 0 Å². The summed E-state index contributed by atoms with van der Waals surface area (Å²) in [5.41, 5.74) is 0.855. The smallest absolute Gasteiger partial charge is 0.245 e. The Morgan fingerprint density at radius 2 is 2.28 bits per heavy atom. The molecule has 5 heteroatoms. The van der Waals surface area contributed by atoms with E-state index in [1.165, 1.54) is 0 Å². The Kier molecular flexibility index (Phi) is 4.04. The van der Waals surface area contributed by atoms with E-state index >= 15 is 0 Å². The lowest BCUT2D eigenvalue weighted by atomic mass is 10.1. The Morgan fingerprint density at radius 1 is 1.50 bits per heavy atom. The van der Waals surface area contributed by atoms with Crippen molar-refractivity contribution in [1.29, 1.82) is 0 Å². The Morgan fingerprint density at radius 3 is 3.00 bits per heavy atom. The van der Waals surface area contributed by atoms with E-state index in [1.54, 1.807) is 0 Å². The Labute approximate surface area is 106 Å². The first kappa shape index (κ1) is 12.7. The second kappa shape index (κ2) is 5.73. The van der Waals surface area contributed by atoms with Crippen LogP contribution in [0.1, 0.15) is 6.92 Å². The number of amides is 1. The van der Waals surface area contributed by atoms with Gasteiger partial charge in [-0.3, -0.25) is 4.79 Å². The van der Waals surface area contributed by atoms with Gasteiger partial charge in [0.2, 0.25) is 5.91 Å². The molecule has 1 atom stereocenters. The van der Waals surface area contributed by atoms with E-state index < -0.39 is 6.04 Å². The van der Waals surface area contributed by atoms with Gasteiger partial charge in [-0.2, -0.15) is 0 Å². The van der Waals surface area contributed by atoms with Crippen molar-refractivity contribution in [3.63, 3.8) is 0 Å². The molecule has 98 valence electrons. The monoisotopic (exact) mass is 250 g/mol. The number of anilines is 1. The standard InChI is InChI=1S/C13H18N2O3/c1-2-18-12-6-4-3-5-10(12)15-8-7-14-13(17)11(15)9-16/h3-6,11,16H,2,7-9H2,1H3,(H,14,17). The number of para-hydroxylation sites is 2. The van der Waals surface area contributed by atoms with E-state index in [9.17, 15) is 9.90 Å². The lowest BCUT2D eigenvalue weighted by Gasteiger charge is -2.36. The molecular formula is C13H18N2O3. The van der Waals surface area contributed by atoms with Gasteiger partial charge in [0, 0.05) is 13.1 Å². The van der Waals surface area contributed by atoms with E-state index in [4.69, 9.17) is 4.74 Å². The highest BCUT2D eigenvalue weighted by atomic mass is 16.5. The van der Waals surface area contributed by atoms with Gasteiger partial charge in [0.05, 0.1) is 18.9 Å². The normalized spacial score (nSPS) is 19.6. The van der Waals surface area contributed by atoms with Crippen LogP contribution >= 0.6 is 0 Å². The van der Waals surface area contributed by atoms with Gasteiger partial charge in [0.25, 0.3) is 0 Å². The quantitative estimate of drug-likeness (QED) is 0.811. The van der Waals surface area contributed by atoms with Gasteiger partial charge in [-0.1, -0.05) is 12.1 Å². The number of carbonyl (C=O) groups is 1. The van der Waals surface area contributed by atoms with Crippen LogP contribution in [0.5, 0.6) is 5.75 Å². The second-order valence-corrected chi connectivity index (χ2v) is 4.08. The molecule has 0 radical (unpaired) electrons. The second-order valence-electron chi connectivity index (χ2n) is 4.08. The zero-order valence-electron chi connectivity index (χ0n) is 10.4. The molecular weight excluding hydrogens is 232 g/mol. The summed E-state index contributed by atoms with van der Waals surface area (Å²) < 4.78 is 5.56. The number of carbonyl (C=O) groups excluding carboxylic acids is 1. The van der Waals surface area contributed by atoms with Gasteiger partial charge in [-0.05, 0) is 19.1 Å². The molecule has 1 heterocycles. The first-order valence-corrected chi connectivity index (χ1v) is 6.15. The molecule has 18 heavy (non-hydrogen) atoms. The number of piperazine rings is 1. The van der Waals surface area contributed by atoms with Crippen molar-refractivity contribution < 1.29 is 14.6 Å². The molecule has 1 aromatic rings. The van der Waals surface area contributed by atoms with Crippen LogP contribution in [0.3, 0.4) is 0 Å². The Bertz CT molecular complexity index is 422. The number of nitrogens with zero attached hydrogens (tertiary/aromatic N) is 1. The number of aliphatic hydroxyl groups is 1. The maximum atomic E-state index is 11.7. The van der Waals surface area contributed by atoms with Crippen LogP contribution in [-0.2, 0) is 4.79 Å². The summed E-state index contributed by atoms with van der Waals surface area (Å²) in [7, 11) is 0. The van der Waals surface area contributed by atoms with Gasteiger partial charge >= 0.3 is 0 Å². The van der Waals surface area contributed by atoms with Crippen molar-refractivity contribution in [1.82, 2.24) is 5.32 Å². The van der Waals surface area contributed by atoms with E-state index in [-0.39, 0.29) is 12.5 Å². The van der Waals surface area contributed by atoms with Crippen LogP contribution in [0.25, 0.3) is 0 Å². The molecule has 1 unspecified atom stereocenters. The predicted octanol–water partition coefficient (Wildman–Crippen LogP) is 0.382. The van der Waals surface area contributed by atoms with E-state index in [0.717, 1.165) is 11.4 Å². The fourth-order valence-electron chi connectivity index (χ4n) is 2.16. The summed E-state index contributed by atoms with van der Waals surface area (Å²) in [5.74, 6) is 0.600. The molecule has 1 aliphatic rings. The molecule has 2 rings (SSSR count). The molecule has 1 aliphatic heterocycles. The van der Waals surface area contributed by atoms with Crippen molar-refractivity contribution in [2.45, 2.75) is 13.0 Å². The van der Waals surface area contributed by atoms with Crippen LogP contribution in [0.15, 0.2) is 24.3 Å². The summed E-state index contributed by atoms with van der Waals surface area (Å²) in [6.45, 7) is 3.53. The van der Waals surface area contributed by atoms with Crippen LogP contribution in [0, 0.1) is 0 Å². The third kappa shape index (κ3) is 2.41. The largest absolute Gasteiger partial charge is 0.492 e. The molecule has 0 aromatic heterocycles. The predicted molar refractivity (Wildman–Crippen MR) is 68.8 cm³/mol. The van der Waals surface area contributed by atoms with E-state index in [2.05, 4.69) is 5.32 Å². The highest BCUT2D eigenvalue weighted by Gasteiger charge is 2.30. The van der Waals surface area contributed by atoms with Gasteiger partial charge in [-0.25, -0.2) is 0 Å². The van der Waals surface area contributed by atoms with Crippen molar-refractivity contribution >= 4 is 11.6 Å². The number of rotatable bonds is 4. The fraction of sp³-hybridized carbons (Fsp3) is 0.462. The molecule has 0 bridgehead atoms. The summed E-state index contributed by atoms with van der Waals surface area (Å²) >= 11 is 0. The molecule has 5 nitrogen and oxygen atoms in total. The molecule has 1 amide bonds. The minimum absolute atomic E-state index is 0.143. The first-order valence-electron chi connectivity index (χ1n) is 6.15. The van der Waals surface area contributed by atoms with Crippen molar-refractivity contribution in [3.8, 4) is 5.75 Å². The number of hydrogen-bond acceptors (Lipinski definition) is 4. The number of hydrogen-bond donors (Lipinski definition) is 2. The molecule has 0 saturated carbocycles. The van der Waals surface area contributed by atoms with Crippen LogP contribution in [-0.4, -0.2) is 43.4 Å². The maximum absolute atomic E-state index is 11.7. The Hall–Kier alpha value is -1.75.